The molecule has 4 rings (SSSR count). The number of ether oxygens (including phenoxy) is 1. The summed E-state index contributed by atoms with van der Waals surface area (Å²) in [4.78, 5) is 28.3. The number of esters is 1. The summed E-state index contributed by atoms with van der Waals surface area (Å²) >= 11 is 1.24. The molecule has 0 saturated carbocycles. The Morgan fingerprint density at radius 3 is 2.08 bits per heavy atom. The van der Waals surface area contributed by atoms with Crippen LogP contribution in [0.1, 0.15) is 18.4 Å². The van der Waals surface area contributed by atoms with Crippen molar-refractivity contribution in [2.45, 2.75) is 12.8 Å². The lowest BCUT2D eigenvalue weighted by Crippen LogP contribution is -2.31. The Hall–Kier alpha value is -4.54. The van der Waals surface area contributed by atoms with Crippen LogP contribution in [0.2, 0.25) is 0 Å². The van der Waals surface area contributed by atoms with Crippen molar-refractivity contribution in [1.29, 1.82) is 5.26 Å². The minimum Gasteiger partial charge on any atom is -0.458 e. The fourth-order valence-corrected chi connectivity index (χ4v) is 5.22. The van der Waals surface area contributed by atoms with Gasteiger partial charge in [-0.25, -0.2) is 4.79 Å². The Bertz CT molecular complexity index is 1370. The van der Waals surface area contributed by atoms with E-state index < -0.39 is 11.9 Å². The monoisotopic (exact) mass is 521 g/mol. The highest BCUT2D eigenvalue weighted by atomic mass is 32.2. The van der Waals surface area contributed by atoms with Crippen molar-refractivity contribution in [3.8, 4) is 6.07 Å². The van der Waals surface area contributed by atoms with Gasteiger partial charge < -0.3 is 10.1 Å². The van der Waals surface area contributed by atoms with E-state index in [1.54, 1.807) is 11.8 Å². The Labute approximate surface area is 226 Å². The van der Waals surface area contributed by atoms with Crippen molar-refractivity contribution in [3.05, 3.63) is 131 Å². The fourth-order valence-electron chi connectivity index (χ4n) is 4.28. The minimum atomic E-state index is -0.628. The van der Waals surface area contributed by atoms with E-state index in [0.29, 0.717) is 21.9 Å². The smallest absolute Gasteiger partial charge is 0.337 e. The molecule has 1 atom stereocenters. The highest BCUT2D eigenvalue weighted by molar-refractivity contribution is 8.03. The number of anilines is 2. The number of nitriles is 1. The molecule has 6 nitrogen and oxygen atoms in total. The van der Waals surface area contributed by atoms with Gasteiger partial charge in [-0.1, -0.05) is 91.1 Å². The van der Waals surface area contributed by atoms with E-state index in [2.05, 4.69) is 18.0 Å². The zero-order chi connectivity index (χ0) is 26.9. The van der Waals surface area contributed by atoms with Gasteiger partial charge in [0.1, 0.15) is 6.61 Å². The van der Waals surface area contributed by atoms with Gasteiger partial charge in [0.25, 0.3) is 0 Å². The summed E-state index contributed by atoms with van der Waals surface area (Å²) in [5, 5.41) is 14.0. The SMILES string of the molecule is C=CCOC(=O)C1=C(C)NC(SCC(=O)N(c2ccccc2)c2ccccc2)=C(C#N)[C@H]1c1ccccc1. The lowest BCUT2D eigenvalue weighted by atomic mass is 9.82. The van der Waals surface area contributed by atoms with Gasteiger partial charge in [0.2, 0.25) is 5.91 Å². The van der Waals surface area contributed by atoms with Gasteiger partial charge >= 0.3 is 5.97 Å². The van der Waals surface area contributed by atoms with E-state index in [1.165, 1.54) is 17.8 Å². The van der Waals surface area contributed by atoms with Crippen molar-refractivity contribution in [2.75, 3.05) is 17.3 Å². The average Bonchev–Trinajstić information content (AvgIpc) is 2.96. The van der Waals surface area contributed by atoms with Gasteiger partial charge in [0.05, 0.1) is 33.9 Å². The largest absolute Gasteiger partial charge is 0.458 e. The van der Waals surface area contributed by atoms with Crippen LogP contribution < -0.4 is 10.2 Å². The van der Waals surface area contributed by atoms with E-state index in [1.807, 2.05) is 91.0 Å². The fraction of sp³-hybridized carbons (Fsp3) is 0.129. The zero-order valence-corrected chi connectivity index (χ0v) is 21.8. The Kier molecular flexibility index (Phi) is 8.81. The number of carbonyl (C=O) groups excluding carboxylic acids is 2. The second-order valence-corrected chi connectivity index (χ2v) is 9.42. The third-order valence-electron chi connectivity index (χ3n) is 5.95. The van der Waals surface area contributed by atoms with Crippen molar-refractivity contribution < 1.29 is 14.3 Å². The predicted octanol–water partition coefficient (Wildman–Crippen LogP) is 6.21. The number of nitrogens with one attached hydrogen (secondary N) is 1. The van der Waals surface area contributed by atoms with E-state index in [-0.39, 0.29) is 18.3 Å². The van der Waals surface area contributed by atoms with Gasteiger partial charge in [-0.2, -0.15) is 5.26 Å². The minimum absolute atomic E-state index is 0.0631. The molecule has 1 N–H and O–H groups in total. The van der Waals surface area contributed by atoms with Gasteiger partial charge in [0, 0.05) is 17.1 Å². The van der Waals surface area contributed by atoms with Crippen LogP contribution in [0.5, 0.6) is 0 Å². The highest BCUT2D eigenvalue weighted by Crippen LogP contribution is 2.41. The molecule has 0 bridgehead atoms. The summed E-state index contributed by atoms with van der Waals surface area (Å²) in [6, 6.07) is 30.5. The first kappa shape index (κ1) is 26.5. The third kappa shape index (κ3) is 5.88. The molecule has 1 amide bonds. The summed E-state index contributed by atoms with van der Waals surface area (Å²) in [6.07, 6.45) is 1.50. The normalized spacial score (nSPS) is 14.8. The molecule has 0 unspecified atom stereocenters. The lowest BCUT2D eigenvalue weighted by molar-refractivity contribution is -0.138. The summed E-state index contributed by atoms with van der Waals surface area (Å²) in [6.45, 7) is 5.44. The first-order valence-electron chi connectivity index (χ1n) is 12.1. The Balaban J connectivity index is 1.66. The third-order valence-corrected chi connectivity index (χ3v) is 6.95. The first-order chi connectivity index (χ1) is 18.5. The maximum Gasteiger partial charge on any atom is 0.337 e. The zero-order valence-electron chi connectivity index (χ0n) is 21.0. The van der Waals surface area contributed by atoms with Crippen molar-refractivity contribution in [3.63, 3.8) is 0 Å². The number of nitrogens with zero attached hydrogens (tertiary/aromatic N) is 2. The molecule has 190 valence electrons. The van der Waals surface area contributed by atoms with Crippen molar-refractivity contribution in [2.24, 2.45) is 0 Å². The molecule has 1 heterocycles. The Morgan fingerprint density at radius 1 is 1.00 bits per heavy atom. The molecule has 0 fully saturated rings. The summed E-state index contributed by atoms with van der Waals surface area (Å²) < 4.78 is 5.35. The maximum absolute atomic E-state index is 13.6. The van der Waals surface area contributed by atoms with Crippen LogP contribution in [0, 0.1) is 11.3 Å². The number of thioether (sulfide) groups is 1. The molecule has 0 saturated heterocycles. The molecule has 3 aromatic rings. The van der Waals surface area contributed by atoms with Gasteiger partial charge in [0.15, 0.2) is 0 Å². The summed E-state index contributed by atoms with van der Waals surface area (Å²) in [5.41, 5.74) is 3.58. The second kappa shape index (κ2) is 12.6. The van der Waals surface area contributed by atoms with E-state index in [9.17, 15) is 14.9 Å². The van der Waals surface area contributed by atoms with Crippen LogP contribution in [0.4, 0.5) is 11.4 Å². The predicted molar refractivity (Wildman–Crippen MR) is 151 cm³/mol. The van der Waals surface area contributed by atoms with Crippen LogP contribution in [0.3, 0.4) is 0 Å². The number of hydrogen-bond acceptors (Lipinski definition) is 6. The number of para-hydroxylation sites is 2. The molecule has 7 heteroatoms. The average molecular weight is 522 g/mol. The summed E-state index contributed by atoms with van der Waals surface area (Å²) in [5.74, 6) is -1.22. The molecule has 0 aromatic heterocycles. The van der Waals surface area contributed by atoms with Crippen LogP contribution in [-0.4, -0.2) is 24.2 Å². The number of rotatable bonds is 9. The van der Waals surface area contributed by atoms with Crippen LogP contribution >= 0.6 is 11.8 Å². The summed E-state index contributed by atoms with van der Waals surface area (Å²) in [7, 11) is 0. The molecule has 0 radical (unpaired) electrons. The number of allylic oxidation sites excluding steroid dienone is 2. The number of benzene rings is 3. The number of carbonyl (C=O) groups is 2. The standard InChI is InChI=1S/C31H27N3O3S/c1-3-19-37-31(36)28-22(2)33-30(26(20-32)29(28)23-13-7-4-8-14-23)38-21-27(35)34(24-15-9-5-10-16-24)25-17-11-6-12-18-25/h3-18,29,33H,1,19,21H2,2H3/t29-/m1/s1. The van der Waals surface area contributed by atoms with E-state index >= 15 is 0 Å². The van der Waals surface area contributed by atoms with Gasteiger partial charge in [-0.15, -0.1) is 0 Å². The molecule has 3 aromatic carbocycles. The number of dihydropyridines is 1. The van der Waals surface area contributed by atoms with Crippen LogP contribution in [0.25, 0.3) is 0 Å². The van der Waals surface area contributed by atoms with Crippen LogP contribution in [0.15, 0.2) is 126 Å². The molecular weight excluding hydrogens is 494 g/mol. The van der Waals surface area contributed by atoms with Crippen LogP contribution in [-0.2, 0) is 14.3 Å². The van der Waals surface area contributed by atoms with E-state index in [0.717, 1.165) is 16.9 Å². The quantitative estimate of drug-likeness (QED) is 0.266. The number of amides is 1. The maximum atomic E-state index is 13.6. The van der Waals surface area contributed by atoms with E-state index in [4.69, 9.17) is 4.74 Å². The second-order valence-electron chi connectivity index (χ2n) is 8.44. The lowest BCUT2D eigenvalue weighted by Gasteiger charge is -2.29. The van der Waals surface area contributed by atoms with Crippen molar-refractivity contribution in [1.82, 2.24) is 5.32 Å². The number of hydrogen-bond donors (Lipinski definition) is 1. The molecular formula is C31H27N3O3S. The highest BCUT2D eigenvalue weighted by Gasteiger charge is 2.35. The van der Waals surface area contributed by atoms with Gasteiger partial charge in [-0.3, -0.25) is 9.69 Å². The Morgan fingerprint density at radius 2 is 1.55 bits per heavy atom. The molecule has 1 aliphatic rings. The topological polar surface area (TPSA) is 82.4 Å². The molecule has 0 aliphatic carbocycles. The molecule has 1 aliphatic heterocycles. The van der Waals surface area contributed by atoms with Gasteiger partial charge in [-0.05, 0) is 36.8 Å². The molecule has 0 spiro atoms. The van der Waals surface area contributed by atoms with Crippen molar-refractivity contribution >= 4 is 35.0 Å². The molecule has 38 heavy (non-hydrogen) atoms. The first-order valence-corrected chi connectivity index (χ1v) is 13.0.